The van der Waals surface area contributed by atoms with Crippen LogP contribution in [-0.4, -0.2) is 40.6 Å². The van der Waals surface area contributed by atoms with Gasteiger partial charge in [-0.2, -0.15) is 0 Å². The minimum absolute atomic E-state index is 0.0315. The van der Waals surface area contributed by atoms with Gasteiger partial charge in [-0.3, -0.25) is 10.1 Å². The van der Waals surface area contributed by atoms with Gasteiger partial charge in [0.1, 0.15) is 6.54 Å². The SMILES string of the molecule is CCOC(=O)Cn1cc(NC(=O)NC)nn1. The van der Waals surface area contributed by atoms with Crippen LogP contribution in [0.1, 0.15) is 6.92 Å². The largest absolute Gasteiger partial charge is 0.465 e. The molecule has 8 nitrogen and oxygen atoms in total. The third-order valence-corrected chi connectivity index (χ3v) is 1.60. The molecule has 88 valence electrons. The van der Waals surface area contributed by atoms with Gasteiger partial charge in [-0.25, -0.2) is 9.48 Å². The Balaban J connectivity index is 2.51. The van der Waals surface area contributed by atoms with Gasteiger partial charge in [-0.05, 0) is 6.92 Å². The summed E-state index contributed by atoms with van der Waals surface area (Å²) in [6.07, 6.45) is 1.44. The van der Waals surface area contributed by atoms with Crippen LogP contribution in [0.4, 0.5) is 10.6 Å². The number of carbonyl (C=O) groups is 2. The zero-order valence-corrected chi connectivity index (χ0v) is 9.06. The van der Waals surface area contributed by atoms with Crippen molar-refractivity contribution in [3.05, 3.63) is 6.20 Å². The van der Waals surface area contributed by atoms with Gasteiger partial charge >= 0.3 is 12.0 Å². The molecule has 16 heavy (non-hydrogen) atoms. The Morgan fingerprint density at radius 2 is 2.31 bits per heavy atom. The minimum atomic E-state index is -0.404. The molecule has 0 aliphatic carbocycles. The quantitative estimate of drug-likeness (QED) is 0.681. The summed E-state index contributed by atoms with van der Waals surface area (Å²) in [4.78, 5) is 22.0. The summed E-state index contributed by atoms with van der Waals surface area (Å²) in [5.74, 6) is -0.137. The molecule has 0 aliphatic heterocycles. The van der Waals surface area contributed by atoms with Gasteiger partial charge in [-0.1, -0.05) is 5.21 Å². The van der Waals surface area contributed by atoms with E-state index in [1.54, 1.807) is 6.92 Å². The number of carbonyl (C=O) groups excluding carboxylic acids is 2. The van der Waals surface area contributed by atoms with E-state index >= 15 is 0 Å². The van der Waals surface area contributed by atoms with Crippen molar-refractivity contribution < 1.29 is 14.3 Å². The molecule has 2 amide bonds. The maximum Gasteiger partial charge on any atom is 0.327 e. The van der Waals surface area contributed by atoms with Gasteiger partial charge in [0.05, 0.1) is 12.8 Å². The van der Waals surface area contributed by atoms with E-state index in [2.05, 4.69) is 20.9 Å². The number of hydrogen-bond acceptors (Lipinski definition) is 5. The summed E-state index contributed by atoms with van der Waals surface area (Å²) in [7, 11) is 1.48. The van der Waals surface area contributed by atoms with Crippen LogP contribution >= 0.6 is 0 Å². The maximum absolute atomic E-state index is 11.1. The first-order valence-electron chi connectivity index (χ1n) is 4.70. The standard InChI is InChI=1S/C8H13N5O3/c1-3-16-7(14)5-13-4-6(11-12-13)10-8(15)9-2/h4H,3,5H2,1-2H3,(H2,9,10,15). The van der Waals surface area contributed by atoms with E-state index in [9.17, 15) is 9.59 Å². The van der Waals surface area contributed by atoms with Gasteiger partial charge in [0, 0.05) is 7.05 Å². The highest BCUT2D eigenvalue weighted by atomic mass is 16.5. The van der Waals surface area contributed by atoms with E-state index in [0.717, 1.165) is 0 Å². The fourth-order valence-corrected chi connectivity index (χ4v) is 0.951. The van der Waals surface area contributed by atoms with Crippen molar-refractivity contribution in [1.82, 2.24) is 20.3 Å². The third kappa shape index (κ3) is 3.56. The molecule has 2 N–H and O–H groups in total. The summed E-state index contributed by atoms with van der Waals surface area (Å²) < 4.78 is 6.01. The van der Waals surface area contributed by atoms with Crippen LogP contribution in [0.3, 0.4) is 0 Å². The normalized spacial score (nSPS) is 9.62. The Morgan fingerprint density at radius 3 is 2.94 bits per heavy atom. The molecule has 1 aromatic rings. The number of esters is 1. The van der Waals surface area contributed by atoms with Crippen molar-refractivity contribution in [2.24, 2.45) is 0 Å². The summed E-state index contributed by atoms with van der Waals surface area (Å²) >= 11 is 0. The van der Waals surface area contributed by atoms with Crippen LogP contribution in [0.2, 0.25) is 0 Å². The molecular weight excluding hydrogens is 214 g/mol. The molecule has 1 rings (SSSR count). The number of aromatic nitrogens is 3. The molecule has 0 fully saturated rings. The molecule has 8 heteroatoms. The molecule has 0 saturated carbocycles. The van der Waals surface area contributed by atoms with Crippen LogP contribution in [-0.2, 0) is 16.1 Å². The summed E-state index contributed by atoms with van der Waals surface area (Å²) in [6, 6.07) is -0.400. The first-order valence-corrected chi connectivity index (χ1v) is 4.70. The van der Waals surface area contributed by atoms with Crippen LogP contribution in [0.5, 0.6) is 0 Å². The fraction of sp³-hybridized carbons (Fsp3) is 0.500. The van der Waals surface area contributed by atoms with Crippen LogP contribution in [0, 0.1) is 0 Å². The number of ether oxygens (including phenoxy) is 1. The van der Waals surface area contributed by atoms with Gasteiger partial charge in [0.2, 0.25) is 0 Å². The number of amides is 2. The van der Waals surface area contributed by atoms with Crippen LogP contribution in [0.25, 0.3) is 0 Å². The lowest BCUT2D eigenvalue weighted by Gasteiger charge is -2.00. The smallest absolute Gasteiger partial charge is 0.327 e. The van der Waals surface area contributed by atoms with Crippen molar-refractivity contribution in [2.75, 3.05) is 19.0 Å². The highest BCUT2D eigenvalue weighted by Crippen LogP contribution is 1.99. The second kappa shape index (κ2) is 5.69. The second-order valence-electron chi connectivity index (χ2n) is 2.81. The monoisotopic (exact) mass is 227 g/mol. The number of anilines is 1. The summed E-state index contributed by atoms with van der Waals surface area (Å²) in [6.45, 7) is 2.00. The molecule has 1 aromatic heterocycles. The van der Waals surface area contributed by atoms with E-state index in [1.165, 1.54) is 17.9 Å². The zero-order valence-electron chi connectivity index (χ0n) is 9.06. The Hall–Kier alpha value is -2.12. The lowest BCUT2D eigenvalue weighted by molar-refractivity contribution is -0.144. The van der Waals surface area contributed by atoms with Crippen LogP contribution < -0.4 is 10.6 Å². The number of hydrogen-bond donors (Lipinski definition) is 2. The van der Waals surface area contributed by atoms with Crippen molar-refractivity contribution in [2.45, 2.75) is 13.5 Å². The van der Waals surface area contributed by atoms with E-state index in [4.69, 9.17) is 4.74 Å². The zero-order chi connectivity index (χ0) is 12.0. The molecule has 0 radical (unpaired) electrons. The van der Waals surface area contributed by atoms with E-state index < -0.39 is 12.0 Å². The molecule has 0 aromatic carbocycles. The topological polar surface area (TPSA) is 98.1 Å². The van der Waals surface area contributed by atoms with Gasteiger partial charge in [-0.15, -0.1) is 5.10 Å². The Labute approximate surface area is 92.0 Å². The first-order chi connectivity index (χ1) is 7.65. The predicted molar refractivity (Wildman–Crippen MR) is 54.7 cm³/mol. The highest BCUT2D eigenvalue weighted by Gasteiger charge is 2.07. The van der Waals surface area contributed by atoms with Crippen molar-refractivity contribution >= 4 is 17.8 Å². The lowest BCUT2D eigenvalue weighted by atomic mass is 10.6. The third-order valence-electron chi connectivity index (χ3n) is 1.60. The number of rotatable bonds is 4. The molecule has 0 bridgehead atoms. The van der Waals surface area contributed by atoms with Crippen molar-refractivity contribution in [3.63, 3.8) is 0 Å². The number of urea groups is 1. The summed E-state index contributed by atoms with van der Waals surface area (Å²) in [5, 5.41) is 12.1. The van der Waals surface area contributed by atoms with Gasteiger partial charge in [0.25, 0.3) is 0 Å². The minimum Gasteiger partial charge on any atom is -0.465 e. The van der Waals surface area contributed by atoms with E-state index in [1.807, 2.05) is 0 Å². The Bertz CT molecular complexity index is 376. The Kier molecular flexibility index (Phi) is 4.25. The lowest BCUT2D eigenvalue weighted by Crippen LogP contribution is -2.24. The molecular formula is C8H13N5O3. The van der Waals surface area contributed by atoms with Crippen molar-refractivity contribution in [3.8, 4) is 0 Å². The van der Waals surface area contributed by atoms with Gasteiger partial charge in [0.15, 0.2) is 5.82 Å². The highest BCUT2D eigenvalue weighted by molar-refractivity contribution is 5.87. The predicted octanol–water partition coefficient (Wildman–Crippen LogP) is -0.408. The van der Waals surface area contributed by atoms with Crippen LogP contribution in [0.15, 0.2) is 6.20 Å². The second-order valence-corrected chi connectivity index (χ2v) is 2.81. The molecule has 0 saturated heterocycles. The average Bonchev–Trinajstić information content (AvgIpc) is 2.65. The molecule has 1 heterocycles. The number of nitrogens with one attached hydrogen (secondary N) is 2. The van der Waals surface area contributed by atoms with E-state index in [-0.39, 0.29) is 12.4 Å². The summed E-state index contributed by atoms with van der Waals surface area (Å²) in [5.41, 5.74) is 0. The van der Waals surface area contributed by atoms with E-state index in [0.29, 0.717) is 6.61 Å². The molecule has 0 aliphatic rings. The van der Waals surface area contributed by atoms with Crippen molar-refractivity contribution in [1.29, 1.82) is 0 Å². The average molecular weight is 227 g/mol. The number of nitrogens with zero attached hydrogens (tertiary/aromatic N) is 3. The first kappa shape index (κ1) is 12.0. The molecule has 0 spiro atoms. The molecule has 0 unspecified atom stereocenters. The van der Waals surface area contributed by atoms with Gasteiger partial charge < -0.3 is 10.1 Å². The fourth-order valence-electron chi connectivity index (χ4n) is 0.951. The molecule has 0 atom stereocenters. The maximum atomic E-state index is 11.1. The Morgan fingerprint density at radius 1 is 1.56 bits per heavy atom.